The number of amides is 1. The molecule has 138 valence electrons. The zero-order valence-corrected chi connectivity index (χ0v) is 15.0. The zero-order valence-electron chi connectivity index (χ0n) is 14.2. The van der Waals surface area contributed by atoms with Crippen LogP contribution in [-0.2, 0) is 9.59 Å². The highest BCUT2D eigenvalue weighted by atomic mass is 32.2. The normalized spacial score (nSPS) is 17.8. The number of benzene rings is 2. The van der Waals surface area contributed by atoms with Crippen LogP contribution in [0.25, 0.3) is 6.08 Å². The summed E-state index contributed by atoms with van der Waals surface area (Å²) in [6.45, 7) is 1.44. The number of hydrogen-bond donors (Lipinski definition) is 2. The second-order valence-corrected chi connectivity index (χ2v) is 6.66. The van der Waals surface area contributed by atoms with Crippen LogP contribution in [0.3, 0.4) is 0 Å². The van der Waals surface area contributed by atoms with Crippen LogP contribution in [0.5, 0.6) is 5.75 Å². The summed E-state index contributed by atoms with van der Waals surface area (Å²) in [6.07, 6.45) is 0.744. The van der Waals surface area contributed by atoms with Crippen molar-refractivity contribution in [2.45, 2.75) is 13.0 Å². The largest absolute Gasteiger partial charge is 0.479 e. The molecular formula is C19H15FN2O4S. The molecule has 1 saturated heterocycles. The molecule has 0 bridgehead atoms. The highest BCUT2D eigenvalue weighted by Crippen LogP contribution is 2.28. The minimum absolute atomic E-state index is 0.277. The van der Waals surface area contributed by atoms with Crippen LogP contribution in [0.15, 0.2) is 58.4 Å². The maximum absolute atomic E-state index is 12.9. The summed E-state index contributed by atoms with van der Waals surface area (Å²) in [5.41, 5.74) is 1.29. The number of hydrogen-bond acceptors (Lipinski definition) is 5. The van der Waals surface area contributed by atoms with Crippen molar-refractivity contribution in [2.75, 3.05) is 0 Å². The van der Waals surface area contributed by atoms with Crippen LogP contribution in [0.4, 0.5) is 10.1 Å². The predicted octanol–water partition coefficient (Wildman–Crippen LogP) is 3.57. The van der Waals surface area contributed by atoms with E-state index in [9.17, 15) is 14.0 Å². The van der Waals surface area contributed by atoms with Crippen molar-refractivity contribution in [3.05, 3.63) is 64.8 Å². The van der Waals surface area contributed by atoms with Gasteiger partial charge in [-0.25, -0.2) is 14.2 Å². The van der Waals surface area contributed by atoms with Gasteiger partial charge in [0, 0.05) is 0 Å². The van der Waals surface area contributed by atoms with Crippen LogP contribution >= 0.6 is 11.8 Å². The minimum Gasteiger partial charge on any atom is -0.479 e. The van der Waals surface area contributed by atoms with E-state index in [1.54, 1.807) is 30.3 Å². The van der Waals surface area contributed by atoms with Crippen molar-refractivity contribution in [3.63, 3.8) is 0 Å². The fraction of sp³-hybridized carbons (Fsp3) is 0.105. The summed E-state index contributed by atoms with van der Waals surface area (Å²) in [5, 5.41) is 11.9. The summed E-state index contributed by atoms with van der Waals surface area (Å²) in [4.78, 5) is 27.6. The molecule has 1 amide bonds. The number of halogens is 1. The number of nitrogens with one attached hydrogen (secondary N) is 1. The fourth-order valence-corrected chi connectivity index (χ4v) is 3.00. The Bertz CT molecular complexity index is 924. The molecule has 0 spiro atoms. The Morgan fingerprint density at radius 3 is 2.52 bits per heavy atom. The Kier molecular flexibility index (Phi) is 5.56. The van der Waals surface area contributed by atoms with Crippen molar-refractivity contribution in [1.82, 2.24) is 5.32 Å². The van der Waals surface area contributed by atoms with Crippen molar-refractivity contribution in [2.24, 2.45) is 4.99 Å². The maximum atomic E-state index is 12.9. The third-order valence-corrected chi connectivity index (χ3v) is 4.46. The molecule has 1 fully saturated rings. The lowest BCUT2D eigenvalue weighted by Crippen LogP contribution is -2.22. The molecule has 0 radical (unpaired) electrons. The number of aliphatic carboxylic acids is 1. The van der Waals surface area contributed by atoms with Crippen LogP contribution < -0.4 is 10.1 Å². The standard InChI is InChI=1S/C19H15FN2O4S/c1-11(18(24)25)26-15-8-2-12(3-9-15)10-16-17(23)22-19(27-16)21-14-6-4-13(20)5-7-14/h2-11H,1H3,(H,24,25)(H,21,22,23)/b16-10-. The Hall–Kier alpha value is -3.13. The maximum Gasteiger partial charge on any atom is 0.344 e. The summed E-state index contributed by atoms with van der Waals surface area (Å²) in [5.74, 6) is -1.25. The number of carbonyl (C=O) groups excluding carboxylic acids is 1. The van der Waals surface area contributed by atoms with Gasteiger partial charge in [-0.05, 0) is 66.7 Å². The predicted molar refractivity (Wildman–Crippen MR) is 101 cm³/mol. The Labute approximate surface area is 158 Å². The Balaban J connectivity index is 1.70. The summed E-state index contributed by atoms with van der Waals surface area (Å²) < 4.78 is 18.2. The Morgan fingerprint density at radius 1 is 1.22 bits per heavy atom. The average Bonchev–Trinajstić information content (AvgIpc) is 2.97. The minimum atomic E-state index is -1.05. The van der Waals surface area contributed by atoms with E-state index in [1.165, 1.54) is 43.0 Å². The monoisotopic (exact) mass is 386 g/mol. The molecule has 0 aromatic heterocycles. The lowest BCUT2D eigenvalue weighted by atomic mass is 10.2. The van der Waals surface area contributed by atoms with Gasteiger partial charge in [-0.1, -0.05) is 12.1 Å². The first-order chi connectivity index (χ1) is 12.9. The average molecular weight is 386 g/mol. The molecule has 1 aliphatic rings. The quantitative estimate of drug-likeness (QED) is 0.767. The van der Waals surface area contributed by atoms with Gasteiger partial charge in [0.2, 0.25) is 0 Å². The molecule has 27 heavy (non-hydrogen) atoms. The molecule has 2 N–H and O–H groups in total. The highest BCUT2D eigenvalue weighted by molar-refractivity contribution is 8.18. The molecule has 3 rings (SSSR count). The molecule has 6 nitrogen and oxygen atoms in total. The van der Waals surface area contributed by atoms with E-state index >= 15 is 0 Å². The molecule has 1 atom stereocenters. The summed E-state index contributed by atoms with van der Waals surface area (Å²) >= 11 is 1.18. The molecular weight excluding hydrogens is 371 g/mol. The van der Waals surface area contributed by atoms with E-state index in [0.717, 1.165) is 5.56 Å². The number of rotatable bonds is 5. The first kappa shape index (κ1) is 18.7. The van der Waals surface area contributed by atoms with Crippen LogP contribution in [0, 0.1) is 5.82 Å². The van der Waals surface area contributed by atoms with E-state index in [0.29, 0.717) is 21.5 Å². The van der Waals surface area contributed by atoms with E-state index < -0.39 is 12.1 Å². The summed E-state index contributed by atoms with van der Waals surface area (Å²) in [7, 11) is 0. The van der Waals surface area contributed by atoms with Crippen molar-refractivity contribution < 1.29 is 23.8 Å². The van der Waals surface area contributed by atoms with E-state index in [4.69, 9.17) is 9.84 Å². The molecule has 2 aromatic rings. The molecule has 1 aliphatic heterocycles. The first-order valence-electron chi connectivity index (χ1n) is 7.95. The number of amidine groups is 1. The van der Waals surface area contributed by atoms with E-state index in [-0.39, 0.29) is 11.7 Å². The topological polar surface area (TPSA) is 88.0 Å². The van der Waals surface area contributed by atoms with Gasteiger partial charge in [-0.3, -0.25) is 4.79 Å². The first-order valence-corrected chi connectivity index (χ1v) is 8.77. The van der Waals surface area contributed by atoms with Gasteiger partial charge in [0.15, 0.2) is 11.3 Å². The van der Waals surface area contributed by atoms with Gasteiger partial charge >= 0.3 is 5.97 Å². The number of carboxylic acids is 1. The molecule has 1 unspecified atom stereocenters. The smallest absolute Gasteiger partial charge is 0.344 e. The van der Waals surface area contributed by atoms with Crippen LogP contribution in [0.2, 0.25) is 0 Å². The third kappa shape index (κ3) is 4.95. The Morgan fingerprint density at radius 2 is 1.89 bits per heavy atom. The number of ether oxygens (including phenoxy) is 1. The van der Waals surface area contributed by atoms with Gasteiger partial charge in [0.1, 0.15) is 11.6 Å². The number of nitrogens with zero attached hydrogens (tertiary/aromatic N) is 1. The molecule has 1 heterocycles. The lowest BCUT2D eigenvalue weighted by Gasteiger charge is -2.10. The number of aliphatic imine (C=N–C) groups is 1. The molecule has 8 heteroatoms. The third-order valence-electron chi connectivity index (χ3n) is 3.55. The second-order valence-electron chi connectivity index (χ2n) is 5.63. The number of thioether (sulfide) groups is 1. The summed E-state index contributed by atoms with van der Waals surface area (Å²) in [6, 6.07) is 12.4. The van der Waals surface area contributed by atoms with E-state index in [2.05, 4.69) is 10.3 Å². The molecule has 0 aliphatic carbocycles. The second kappa shape index (κ2) is 8.05. The lowest BCUT2D eigenvalue weighted by molar-refractivity contribution is -0.144. The van der Waals surface area contributed by atoms with Gasteiger partial charge in [0.05, 0.1) is 10.6 Å². The zero-order chi connectivity index (χ0) is 19.4. The SMILES string of the molecule is CC(Oc1ccc(/C=C2\SC(=Nc3ccc(F)cc3)NC2=O)cc1)C(=O)O. The number of carboxylic acid groups (broad SMARTS) is 1. The van der Waals surface area contributed by atoms with Crippen molar-refractivity contribution >= 4 is 40.6 Å². The fourth-order valence-electron chi connectivity index (χ4n) is 2.16. The highest BCUT2D eigenvalue weighted by Gasteiger charge is 2.23. The van der Waals surface area contributed by atoms with Crippen molar-refractivity contribution in [3.8, 4) is 5.75 Å². The van der Waals surface area contributed by atoms with Gasteiger partial charge < -0.3 is 15.2 Å². The van der Waals surface area contributed by atoms with Gasteiger partial charge in [-0.2, -0.15) is 0 Å². The number of carbonyl (C=O) groups is 2. The van der Waals surface area contributed by atoms with Gasteiger partial charge in [0.25, 0.3) is 5.91 Å². The van der Waals surface area contributed by atoms with E-state index in [1.807, 2.05) is 0 Å². The molecule has 0 saturated carbocycles. The van der Waals surface area contributed by atoms with Crippen LogP contribution in [-0.4, -0.2) is 28.3 Å². The molecule has 2 aromatic carbocycles. The van der Waals surface area contributed by atoms with Gasteiger partial charge in [-0.15, -0.1) is 0 Å². The van der Waals surface area contributed by atoms with Crippen LogP contribution in [0.1, 0.15) is 12.5 Å². The van der Waals surface area contributed by atoms with Crippen molar-refractivity contribution in [1.29, 1.82) is 0 Å².